The number of halogens is 2. The lowest BCUT2D eigenvalue weighted by molar-refractivity contribution is -0.390. The van der Waals surface area contributed by atoms with Crippen LogP contribution >= 0.6 is 23.2 Å². The molecule has 7 nitrogen and oxygen atoms in total. The second-order valence-electron chi connectivity index (χ2n) is 3.84. The van der Waals surface area contributed by atoms with Crippen molar-refractivity contribution in [3.05, 3.63) is 55.7 Å². The van der Waals surface area contributed by atoms with Gasteiger partial charge in [0.25, 0.3) is 0 Å². The number of rotatable bonds is 4. The number of aromatic nitrogens is 2. The number of nitrogens with zero attached hydrogens (tertiary/aromatic N) is 3. The quantitative estimate of drug-likeness (QED) is 0.691. The van der Waals surface area contributed by atoms with E-state index in [4.69, 9.17) is 28.3 Å². The lowest BCUT2D eigenvalue weighted by atomic mass is 10.2. The van der Waals surface area contributed by atoms with Gasteiger partial charge in [-0.25, -0.2) is 4.79 Å². The molecule has 2 aromatic rings. The van der Waals surface area contributed by atoms with E-state index in [2.05, 4.69) is 5.10 Å². The van der Waals surface area contributed by atoms with Crippen LogP contribution in [0.4, 0.5) is 5.82 Å². The van der Waals surface area contributed by atoms with E-state index in [-0.39, 0.29) is 6.54 Å². The zero-order valence-electron chi connectivity index (χ0n) is 9.79. The summed E-state index contributed by atoms with van der Waals surface area (Å²) in [5.74, 6) is -2.13. The Morgan fingerprint density at radius 1 is 1.45 bits per heavy atom. The maximum Gasteiger partial charge on any atom is 0.404 e. The molecule has 0 bridgehead atoms. The molecule has 20 heavy (non-hydrogen) atoms. The summed E-state index contributed by atoms with van der Waals surface area (Å²) < 4.78 is 1.14. The van der Waals surface area contributed by atoms with Crippen LogP contribution in [-0.4, -0.2) is 25.8 Å². The van der Waals surface area contributed by atoms with Gasteiger partial charge in [0.2, 0.25) is 0 Å². The van der Waals surface area contributed by atoms with Crippen molar-refractivity contribution >= 4 is 35.0 Å². The maximum atomic E-state index is 10.9. The predicted molar refractivity (Wildman–Crippen MR) is 71.4 cm³/mol. The molecule has 0 unspecified atom stereocenters. The minimum absolute atomic E-state index is 0.0769. The molecule has 0 radical (unpaired) electrons. The Morgan fingerprint density at radius 3 is 2.70 bits per heavy atom. The van der Waals surface area contributed by atoms with Gasteiger partial charge in [0.05, 0.1) is 27.9 Å². The maximum absolute atomic E-state index is 10.9. The lowest BCUT2D eigenvalue weighted by Gasteiger charge is -2.03. The average molecular weight is 316 g/mol. The molecule has 9 heteroatoms. The summed E-state index contributed by atoms with van der Waals surface area (Å²) in [4.78, 5) is 20.8. The molecule has 2 rings (SSSR count). The van der Waals surface area contributed by atoms with Gasteiger partial charge in [-0.05, 0) is 16.6 Å². The summed E-state index contributed by atoms with van der Waals surface area (Å²) in [5.41, 5.74) is 0.0988. The molecule has 0 atom stereocenters. The van der Waals surface area contributed by atoms with Crippen molar-refractivity contribution in [3.63, 3.8) is 0 Å². The molecule has 0 fully saturated rings. The molecule has 1 N–H and O–H groups in total. The molecule has 0 aliphatic rings. The van der Waals surface area contributed by atoms with Gasteiger partial charge in [-0.2, -0.15) is 4.68 Å². The fraction of sp³-hybridized carbons (Fsp3) is 0.0909. The molecule has 0 saturated heterocycles. The number of carboxylic acids is 1. The van der Waals surface area contributed by atoms with E-state index in [0.717, 1.165) is 10.9 Å². The molecular weight excluding hydrogens is 309 g/mol. The van der Waals surface area contributed by atoms with Crippen LogP contribution in [0.2, 0.25) is 10.0 Å². The number of nitro groups is 1. The number of carbonyl (C=O) groups is 1. The first-order chi connectivity index (χ1) is 9.40. The van der Waals surface area contributed by atoms with Gasteiger partial charge in [-0.3, -0.25) is 0 Å². The minimum atomic E-state index is -1.42. The standard InChI is InChI=1S/C11H7Cl2N3O4/c12-8-3-1-2-6(9(8)13)4-15-5-7(11(17)18)10(14-15)16(19)20/h1-3,5H,4H2,(H,17,18). The molecule has 1 aromatic heterocycles. The zero-order valence-corrected chi connectivity index (χ0v) is 11.3. The van der Waals surface area contributed by atoms with Crippen LogP contribution < -0.4 is 0 Å². The van der Waals surface area contributed by atoms with E-state index in [1.807, 2.05) is 0 Å². The SMILES string of the molecule is O=C(O)c1cn(Cc2cccc(Cl)c2Cl)nc1[N+](=O)[O-]. The van der Waals surface area contributed by atoms with Crippen LogP contribution in [0.25, 0.3) is 0 Å². The van der Waals surface area contributed by atoms with E-state index >= 15 is 0 Å². The third-order valence-electron chi connectivity index (χ3n) is 2.51. The fourth-order valence-electron chi connectivity index (χ4n) is 1.62. The van der Waals surface area contributed by atoms with Crippen LogP contribution in [0.3, 0.4) is 0 Å². The number of benzene rings is 1. The topological polar surface area (TPSA) is 98.3 Å². The monoisotopic (exact) mass is 315 g/mol. The van der Waals surface area contributed by atoms with E-state index < -0.39 is 22.3 Å². The van der Waals surface area contributed by atoms with Crippen molar-refractivity contribution in [1.29, 1.82) is 0 Å². The van der Waals surface area contributed by atoms with Gasteiger partial charge >= 0.3 is 11.8 Å². The summed E-state index contributed by atoms with van der Waals surface area (Å²) in [7, 11) is 0. The molecule has 0 spiro atoms. The van der Waals surface area contributed by atoms with Crippen LogP contribution in [0.15, 0.2) is 24.4 Å². The largest absolute Gasteiger partial charge is 0.477 e. The Labute approximate surface area is 122 Å². The molecule has 1 aromatic carbocycles. The smallest absolute Gasteiger partial charge is 0.404 e. The van der Waals surface area contributed by atoms with Gasteiger partial charge in [0.15, 0.2) is 5.56 Å². The zero-order chi connectivity index (χ0) is 14.9. The van der Waals surface area contributed by atoms with Crippen molar-refractivity contribution in [2.75, 3.05) is 0 Å². The highest BCUT2D eigenvalue weighted by Gasteiger charge is 2.26. The van der Waals surface area contributed by atoms with Crippen molar-refractivity contribution in [1.82, 2.24) is 9.78 Å². The van der Waals surface area contributed by atoms with Gasteiger partial charge < -0.3 is 15.2 Å². The van der Waals surface area contributed by atoms with E-state index in [1.165, 1.54) is 0 Å². The highest BCUT2D eigenvalue weighted by atomic mass is 35.5. The Bertz CT molecular complexity index is 667. The van der Waals surface area contributed by atoms with Gasteiger partial charge in [-0.1, -0.05) is 35.3 Å². The van der Waals surface area contributed by atoms with Crippen LogP contribution in [0.1, 0.15) is 15.9 Å². The summed E-state index contributed by atoms with van der Waals surface area (Å²) in [6, 6.07) is 4.93. The third-order valence-corrected chi connectivity index (χ3v) is 3.37. The molecule has 0 amide bonds. The first-order valence-electron chi connectivity index (χ1n) is 5.28. The van der Waals surface area contributed by atoms with Crippen LogP contribution in [-0.2, 0) is 6.54 Å². The highest BCUT2D eigenvalue weighted by molar-refractivity contribution is 6.42. The Kier molecular flexibility index (Phi) is 3.91. The predicted octanol–water partition coefficient (Wildman–Crippen LogP) is 2.84. The Hall–Kier alpha value is -2.12. The van der Waals surface area contributed by atoms with Gasteiger partial charge in [0.1, 0.15) is 0 Å². The second-order valence-corrected chi connectivity index (χ2v) is 4.62. The van der Waals surface area contributed by atoms with Crippen LogP contribution in [0, 0.1) is 10.1 Å². The van der Waals surface area contributed by atoms with Crippen molar-refractivity contribution < 1.29 is 14.8 Å². The first-order valence-corrected chi connectivity index (χ1v) is 6.03. The van der Waals surface area contributed by atoms with Crippen molar-refractivity contribution in [3.8, 4) is 0 Å². The van der Waals surface area contributed by atoms with Crippen LogP contribution in [0.5, 0.6) is 0 Å². The van der Waals surface area contributed by atoms with E-state index in [1.54, 1.807) is 18.2 Å². The second kappa shape index (κ2) is 5.48. The molecule has 0 aliphatic carbocycles. The highest BCUT2D eigenvalue weighted by Crippen LogP contribution is 2.26. The summed E-state index contributed by atoms with van der Waals surface area (Å²) in [6.45, 7) is 0.0769. The third kappa shape index (κ3) is 2.73. The molecular formula is C11H7Cl2N3O4. The first kappa shape index (κ1) is 14.3. The number of hydrogen-bond donors (Lipinski definition) is 1. The summed E-state index contributed by atoms with van der Waals surface area (Å²) >= 11 is 11.8. The molecule has 1 heterocycles. The summed E-state index contributed by atoms with van der Waals surface area (Å²) in [6.07, 6.45) is 1.08. The number of aromatic carboxylic acids is 1. The van der Waals surface area contributed by atoms with E-state index in [9.17, 15) is 14.9 Å². The Balaban J connectivity index is 2.40. The van der Waals surface area contributed by atoms with E-state index in [0.29, 0.717) is 15.6 Å². The van der Waals surface area contributed by atoms with Gasteiger partial charge in [-0.15, -0.1) is 0 Å². The number of carboxylic acid groups (broad SMARTS) is 1. The Morgan fingerprint density at radius 2 is 2.15 bits per heavy atom. The number of hydrogen-bond acceptors (Lipinski definition) is 4. The average Bonchev–Trinajstić information content (AvgIpc) is 2.79. The molecule has 0 aliphatic heterocycles. The lowest BCUT2D eigenvalue weighted by Crippen LogP contribution is -2.02. The normalized spacial score (nSPS) is 10.5. The van der Waals surface area contributed by atoms with Gasteiger partial charge in [0, 0.05) is 0 Å². The van der Waals surface area contributed by atoms with Crippen molar-refractivity contribution in [2.24, 2.45) is 0 Å². The molecule has 104 valence electrons. The summed E-state index contributed by atoms with van der Waals surface area (Å²) in [5, 5.41) is 23.9. The molecule has 0 saturated carbocycles. The van der Waals surface area contributed by atoms with Crippen molar-refractivity contribution in [2.45, 2.75) is 6.54 Å². The minimum Gasteiger partial charge on any atom is -0.477 e. The fourth-order valence-corrected chi connectivity index (χ4v) is 2.00.